The van der Waals surface area contributed by atoms with E-state index in [0.717, 1.165) is 18.4 Å². The van der Waals surface area contributed by atoms with Crippen molar-refractivity contribution in [3.8, 4) is 0 Å². The minimum atomic E-state index is -4.03. The van der Waals surface area contributed by atoms with E-state index in [4.69, 9.17) is 15.0 Å². The Labute approximate surface area is 186 Å². The van der Waals surface area contributed by atoms with E-state index in [-0.39, 0.29) is 10.9 Å². The molecule has 2 aromatic rings. The van der Waals surface area contributed by atoms with Gasteiger partial charge in [-0.3, -0.25) is 9.35 Å². The molecule has 2 aromatic carbocycles. The van der Waals surface area contributed by atoms with Crippen LogP contribution < -0.4 is 5.73 Å². The normalized spacial score (nSPS) is 11.9. The smallest absolute Gasteiger partial charge is 0.323 e. The molecular weight excluding hydrogens is 414 g/mol. The summed E-state index contributed by atoms with van der Waals surface area (Å²) in [5.41, 5.74) is 7.47. The lowest BCUT2D eigenvalue weighted by Crippen LogP contribution is -2.34. The second-order valence-electron chi connectivity index (χ2n) is 7.47. The first-order valence-electron chi connectivity index (χ1n) is 10.7. The maximum Gasteiger partial charge on any atom is 0.323 e. The first kappa shape index (κ1) is 26.8. The monoisotopic (exact) mass is 449 g/mol. The number of aryl methyl sites for hydroxylation is 1. The van der Waals surface area contributed by atoms with Crippen LogP contribution in [0.5, 0.6) is 0 Å². The molecule has 0 saturated heterocycles. The molecule has 172 valence electrons. The Morgan fingerprint density at radius 2 is 1.55 bits per heavy atom. The van der Waals surface area contributed by atoms with E-state index in [0.29, 0.717) is 18.6 Å². The van der Waals surface area contributed by atoms with Crippen LogP contribution in [0, 0.1) is 6.92 Å². The third kappa shape index (κ3) is 11.7. The summed E-state index contributed by atoms with van der Waals surface area (Å²) >= 11 is 0. The maximum atomic E-state index is 11.7. The van der Waals surface area contributed by atoms with Gasteiger partial charge in [0.05, 0.1) is 11.5 Å². The van der Waals surface area contributed by atoms with Gasteiger partial charge in [-0.2, -0.15) is 8.42 Å². The van der Waals surface area contributed by atoms with E-state index >= 15 is 0 Å². The van der Waals surface area contributed by atoms with E-state index in [1.165, 1.54) is 31.7 Å². The SMILES string of the molecule is CCCCCCCCOC(=O)C(N)Cc1ccccc1.Cc1ccccc1S(=O)(=O)O. The first-order chi connectivity index (χ1) is 14.8. The lowest BCUT2D eigenvalue weighted by atomic mass is 10.1. The zero-order valence-corrected chi connectivity index (χ0v) is 19.3. The summed E-state index contributed by atoms with van der Waals surface area (Å²) in [6, 6.07) is 15.5. The molecule has 7 heteroatoms. The highest BCUT2D eigenvalue weighted by molar-refractivity contribution is 7.85. The molecule has 0 saturated carbocycles. The van der Waals surface area contributed by atoms with Crippen LogP contribution in [0.4, 0.5) is 0 Å². The fourth-order valence-electron chi connectivity index (χ4n) is 2.96. The van der Waals surface area contributed by atoms with E-state index < -0.39 is 16.2 Å². The van der Waals surface area contributed by atoms with E-state index in [9.17, 15) is 13.2 Å². The number of hydrogen-bond donors (Lipinski definition) is 2. The van der Waals surface area contributed by atoms with E-state index in [2.05, 4.69) is 6.92 Å². The average Bonchev–Trinajstić information content (AvgIpc) is 2.73. The van der Waals surface area contributed by atoms with Crippen LogP contribution in [-0.2, 0) is 26.1 Å². The number of esters is 1. The summed E-state index contributed by atoms with van der Waals surface area (Å²) in [5, 5.41) is 0. The highest BCUT2D eigenvalue weighted by Gasteiger charge is 2.15. The third-order valence-electron chi connectivity index (χ3n) is 4.71. The summed E-state index contributed by atoms with van der Waals surface area (Å²) in [4.78, 5) is 11.7. The predicted octanol–water partition coefficient (Wildman–Crippen LogP) is 4.70. The molecule has 0 amide bonds. The van der Waals surface area contributed by atoms with Crippen LogP contribution in [0.3, 0.4) is 0 Å². The average molecular weight is 450 g/mol. The molecular formula is C24H35NO5S. The fraction of sp³-hybridized carbons (Fsp3) is 0.458. The van der Waals surface area contributed by atoms with Gasteiger partial charge in [0.1, 0.15) is 6.04 Å². The van der Waals surface area contributed by atoms with E-state index in [1.807, 2.05) is 30.3 Å². The Balaban J connectivity index is 0.000000367. The fourth-order valence-corrected chi connectivity index (χ4v) is 3.68. The number of unbranched alkanes of at least 4 members (excludes halogenated alkanes) is 5. The molecule has 0 aliphatic heterocycles. The summed E-state index contributed by atoms with van der Waals surface area (Å²) < 4.78 is 35.1. The minimum absolute atomic E-state index is 0.0278. The van der Waals surface area contributed by atoms with Crippen molar-refractivity contribution in [3.05, 3.63) is 65.7 Å². The number of nitrogens with two attached hydrogens (primary N) is 1. The lowest BCUT2D eigenvalue weighted by molar-refractivity contribution is -0.145. The van der Waals surface area contributed by atoms with Gasteiger partial charge in [0.15, 0.2) is 0 Å². The Hall–Kier alpha value is -2.22. The molecule has 2 rings (SSSR count). The molecule has 0 aliphatic carbocycles. The predicted molar refractivity (Wildman–Crippen MR) is 123 cm³/mol. The van der Waals surface area contributed by atoms with Crippen LogP contribution in [0.2, 0.25) is 0 Å². The van der Waals surface area contributed by atoms with Crippen LogP contribution in [0.25, 0.3) is 0 Å². The molecule has 6 nitrogen and oxygen atoms in total. The molecule has 0 aliphatic rings. The van der Waals surface area contributed by atoms with Crippen molar-refractivity contribution in [2.45, 2.75) is 69.7 Å². The Morgan fingerprint density at radius 1 is 0.968 bits per heavy atom. The van der Waals surface area contributed by atoms with Crippen molar-refractivity contribution in [2.24, 2.45) is 5.73 Å². The zero-order chi connectivity index (χ0) is 23.1. The summed E-state index contributed by atoms with van der Waals surface area (Å²) in [7, 11) is -4.03. The standard InChI is InChI=1S/C17H27NO2.C7H8O3S/c1-2-3-4-5-6-10-13-20-17(19)16(18)14-15-11-8-7-9-12-15;1-6-4-2-3-5-7(6)11(8,9)10/h7-9,11-12,16H,2-6,10,13-14,18H2,1H3;2-5H,1H3,(H,8,9,10). The second kappa shape index (κ2) is 14.7. The summed E-state index contributed by atoms with van der Waals surface area (Å²) in [6.07, 6.45) is 7.65. The van der Waals surface area contributed by atoms with Crippen molar-refractivity contribution >= 4 is 16.1 Å². The number of carbonyl (C=O) groups is 1. The van der Waals surface area contributed by atoms with Gasteiger partial charge in [-0.05, 0) is 37.0 Å². The molecule has 0 heterocycles. The molecule has 0 spiro atoms. The summed E-state index contributed by atoms with van der Waals surface area (Å²) in [6.45, 7) is 4.33. The highest BCUT2D eigenvalue weighted by atomic mass is 32.2. The molecule has 0 fully saturated rings. The van der Waals surface area contributed by atoms with Gasteiger partial charge in [-0.1, -0.05) is 87.6 Å². The third-order valence-corrected chi connectivity index (χ3v) is 5.73. The van der Waals surface area contributed by atoms with Crippen LogP contribution in [0.1, 0.15) is 56.6 Å². The molecule has 0 bridgehead atoms. The van der Waals surface area contributed by atoms with Crippen molar-refractivity contribution in [3.63, 3.8) is 0 Å². The van der Waals surface area contributed by atoms with Crippen molar-refractivity contribution in [2.75, 3.05) is 6.61 Å². The molecule has 0 aromatic heterocycles. The van der Waals surface area contributed by atoms with Crippen LogP contribution >= 0.6 is 0 Å². The van der Waals surface area contributed by atoms with Gasteiger partial charge in [0.25, 0.3) is 10.1 Å². The van der Waals surface area contributed by atoms with Gasteiger partial charge in [0, 0.05) is 0 Å². The van der Waals surface area contributed by atoms with Crippen molar-refractivity contribution in [1.82, 2.24) is 0 Å². The Morgan fingerprint density at radius 3 is 2.13 bits per heavy atom. The number of carbonyl (C=O) groups excluding carboxylic acids is 1. The largest absolute Gasteiger partial charge is 0.465 e. The van der Waals surface area contributed by atoms with Gasteiger partial charge in [0.2, 0.25) is 0 Å². The van der Waals surface area contributed by atoms with Gasteiger partial charge in [-0.25, -0.2) is 0 Å². The Kier molecular flexibility index (Phi) is 12.7. The quantitative estimate of drug-likeness (QED) is 0.292. The first-order valence-corrected chi connectivity index (χ1v) is 12.2. The summed E-state index contributed by atoms with van der Waals surface area (Å²) in [5.74, 6) is -0.289. The highest BCUT2D eigenvalue weighted by Crippen LogP contribution is 2.12. The zero-order valence-electron chi connectivity index (χ0n) is 18.5. The maximum absolute atomic E-state index is 11.7. The molecule has 3 N–H and O–H groups in total. The Bertz CT molecular complexity index is 869. The number of hydrogen-bond acceptors (Lipinski definition) is 5. The molecule has 1 atom stereocenters. The lowest BCUT2D eigenvalue weighted by Gasteiger charge is -2.11. The van der Waals surface area contributed by atoms with Crippen LogP contribution in [0.15, 0.2) is 59.5 Å². The van der Waals surface area contributed by atoms with Crippen LogP contribution in [-0.4, -0.2) is 31.6 Å². The van der Waals surface area contributed by atoms with Gasteiger partial charge in [-0.15, -0.1) is 0 Å². The molecule has 1 unspecified atom stereocenters. The topological polar surface area (TPSA) is 107 Å². The van der Waals surface area contributed by atoms with Crippen molar-refractivity contribution < 1.29 is 22.5 Å². The van der Waals surface area contributed by atoms with Gasteiger partial charge < -0.3 is 10.5 Å². The van der Waals surface area contributed by atoms with E-state index in [1.54, 1.807) is 25.1 Å². The molecule has 31 heavy (non-hydrogen) atoms. The van der Waals surface area contributed by atoms with Crippen molar-refractivity contribution in [1.29, 1.82) is 0 Å². The second-order valence-corrected chi connectivity index (χ2v) is 8.86. The number of ether oxygens (including phenoxy) is 1. The van der Waals surface area contributed by atoms with Gasteiger partial charge >= 0.3 is 5.97 Å². The molecule has 0 radical (unpaired) electrons. The number of benzene rings is 2. The minimum Gasteiger partial charge on any atom is -0.465 e. The number of rotatable bonds is 11.